The number of alkyl halides is 3. The number of carbonyl (C=O) groups is 3. The monoisotopic (exact) mass is 633 g/mol. The standard InChI is InChI=1S/C35H31F3N2O6/c1-45-34(44)40(33(43)39-20-31(32(41)42)27-11-9-25(10-12-27)24-5-3-2-4-6-24)18-17-26-13-16-30(19-28(26)21-40)46-22-23-7-14-29(15-8-23)35(36,37)38/h2-16,19,31H,17-18,20-22H2,1H3,(H-,39,41,42,43)/p+1. The Morgan fingerprint density at radius 3 is 2.20 bits per heavy atom. The molecule has 0 radical (unpaired) electrons. The van der Waals surface area contributed by atoms with E-state index in [1.165, 1.54) is 19.2 Å². The molecule has 0 bridgehead atoms. The van der Waals surface area contributed by atoms with E-state index in [9.17, 15) is 32.7 Å². The van der Waals surface area contributed by atoms with Crippen LogP contribution in [0.4, 0.5) is 22.8 Å². The summed E-state index contributed by atoms with van der Waals surface area (Å²) in [4.78, 5) is 39.0. The Labute approximate surface area is 263 Å². The van der Waals surface area contributed by atoms with Crippen LogP contribution in [-0.4, -0.2) is 47.9 Å². The van der Waals surface area contributed by atoms with Crippen molar-refractivity contribution < 1.29 is 46.6 Å². The highest BCUT2D eigenvalue weighted by Gasteiger charge is 2.49. The first-order chi connectivity index (χ1) is 22.0. The van der Waals surface area contributed by atoms with Crippen molar-refractivity contribution in [2.24, 2.45) is 0 Å². The molecule has 2 atom stereocenters. The largest absolute Gasteiger partial charge is 0.525 e. The normalized spacial score (nSPS) is 16.5. The molecule has 1 heterocycles. The van der Waals surface area contributed by atoms with Crippen molar-refractivity contribution in [3.63, 3.8) is 0 Å². The van der Waals surface area contributed by atoms with Crippen molar-refractivity contribution in [2.75, 3.05) is 20.2 Å². The Hall–Kier alpha value is -5.16. The third-order valence-corrected chi connectivity index (χ3v) is 8.16. The Balaban J connectivity index is 1.29. The third-order valence-electron chi connectivity index (χ3n) is 8.16. The Kier molecular flexibility index (Phi) is 9.43. The lowest BCUT2D eigenvalue weighted by Crippen LogP contribution is -2.62. The molecule has 2 N–H and O–H groups in total. The van der Waals surface area contributed by atoms with E-state index in [0.717, 1.165) is 28.8 Å². The Morgan fingerprint density at radius 1 is 0.891 bits per heavy atom. The number of hydrogen-bond donors (Lipinski definition) is 2. The molecule has 0 aliphatic carbocycles. The number of halogens is 3. The molecule has 2 unspecified atom stereocenters. The van der Waals surface area contributed by atoms with E-state index >= 15 is 0 Å². The first kappa shape index (κ1) is 32.2. The van der Waals surface area contributed by atoms with Crippen LogP contribution < -0.4 is 10.1 Å². The number of rotatable bonds is 8. The molecule has 11 heteroatoms. The van der Waals surface area contributed by atoms with Crippen LogP contribution in [0.25, 0.3) is 11.1 Å². The van der Waals surface area contributed by atoms with Crippen molar-refractivity contribution >= 4 is 18.1 Å². The SMILES string of the molecule is COC(=O)[N+]1(C(=O)NCC(C(=O)O)c2ccc(-c3ccccc3)cc2)CCc2ccc(OCc3ccc(C(F)(F)F)cc3)cc2C1. The molecule has 46 heavy (non-hydrogen) atoms. The maximum absolute atomic E-state index is 13.7. The number of quaternary nitrogens is 1. The van der Waals surface area contributed by atoms with Gasteiger partial charge in [0.15, 0.2) is 0 Å². The van der Waals surface area contributed by atoms with Gasteiger partial charge in [0.2, 0.25) is 0 Å². The average molecular weight is 634 g/mol. The second kappa shape index (κ2) is 13.5. The lowest BCUT2D eigenvalue weighted by molar-refractivity contribution is -0.793. The van der Waals surface area contributed by atoms with Crippen LogP contribution in [0.1, 0.15) is 33.7 Å². The molecule has 0 saturated carbocycles. The second-order valence-electron chi connectivity index (χ2n) is 11.0. The number of methoxy groups -OCH3 is 1. The number of ether oxygens (including phenoxy) is 2. The number of urea groups is 1. The molecular weight excluding hydrogens is 601 g/mol. The summed E-state index contributed by atoms with van der Waals surface area (Å²) < 4.78 is 48.8. The number of carboxylic acid groups (broad SMARTS) is 1. The molecule has 8 nitrogen and oxygen atoms in total. The van der Waals surface area contributed by atoms with Gasteiger partial charge in [-0.05, 0) is 52.1 Å². The number of amides is 3. The van der Waals surface area contributed by atoms with Gasteiger partial charge in [0.05, 0.1) is 18.6 Å². The second-order valence-corrected chi connectivity index (χ2v) is 11.0. The summed E-state index contributed by atoms with van der Waals surface area (Å²) in [7, 11) is 1.18. The van der Waals surface area contributed by atoms with E-state index in [1.807, 2.05) is 48.5 Å². The van der Waals surface area contributed by atoms with Gasteiger partial charge in [0, 0.05) is 18.5 Å². The van der Waals surface area contributed by atoms with Crippen molar-refractivity contribution in [1.29, 1.82) is 0 Å². The van der Waals surface area contributed by atoms with E-state index in [-0.39, 0.29) is 26.2 Å². The lowest BCUT2D eigenvalue weighted by atomic mass is 9.96. The van der Waals surface area contributed by atoms with Gasteiger partial charge >= 0.3 is 24.3 Å². The topological polar surface area (TPSA) is 102 Å². The summed E-state index contributed by atoms with van der Waals surface area (Å²) in [5.74, 6) is -1.78. The number of aliphatic carboxylic acids is 1. The van der Waals surface area contributed by atoms with Crippen LogP contribution >= 0.6 is 0 Å². The summed E-state index contributed by atoms with van der Waals surface area (Å²) in [6.45, 7) is -0.202. The zero-order valence-electron chi connectivity index (χ0n) is 24.9. The van der Waals surface area contributed by atoms with Crippen LogP contribution in [-0.2, 0) is 35.3 Å². The highest BCUT2D eigenvalue weighted by Crippen LogP contribution is 2.32. The number of imide groups is 1. The van der Waals surface area contributed by atoms with E-state index < -0.39 is 40.2 Å². The summed E-state index contributed by atoms with van der Waals surface area (Å²) in [6.07, 6.45) is -4.87. The average Bonchev–Trinajstić information content (AvgIpc) is 3.06. The fourth-order valence-corrected chi connectivity index (χ4v) is 5.53. The van der Waals surface area contributed by atoms with Crippen molar-refractivity contribution in [3.05, 3.63) is 125 Å². The molecule has 0 aromatic heterocycles. The van der Waals surface area contributed by atoms with E-state index in [1.54, 1.807) is 24.3 Å². The number of carbonyl (C=O) groups excluding carboxylic acids is 2. The van der Waals surface area contributed by atoms with Crippen LogP contribution in [0.2, 0.25) is 0 Å². The number of fused-ring (bicyclic) bond motifs is 1. The molecule has 238 valence electrons. The van der Waals surface area contributed by atoms with Crippen LogP contribution in [0, 0.1) is 0 Å². The van der Waals surface area contributed by atoms with E-state index in [4.69, 9.17) is 9.47 Å². The van der Waals surface area contributed by atoms with Gasteiger partial charge < -0.3 is 19.9 Å². The molecule has 0 spiro atoms. The summed E-state index contributed by atoms with van der Waals surface area (Å²) in [5.41, 5.74) is 3.73. The maximum atomic E-state index is 13.7. The first-order valence-electron chi connectivity index (χ1n) is 14.5. The smallest absolute Gasteiger partial charge is 0.489 e. The predicted octanol–water partition coefficient (Wildman–Crippen LogP) is 7.17. The van der Waals surface area contributed by atoms with Crippen molar-refractivity contribution in [1.82, 2.24) is 5.32 Å². The molecule has 3 amide bonds. The molecular formula is C35H32F3N2O6+. The van der Waals surface area contributed by atoms with E-state index in [0.29, 0.717) is 28.9 Å². The van der Waals surface area contributed by atoms with Crippen LogP contribution in [0.5, 0.6) is 5.75 Å². The maximum Gasteiger partial charge on any atom is 0.525 e. The van der Waals surface area contributed by atoms with Crippen molar-refractivity contribution in [2.45, 2.75) is 31.7 Å². The summed E-state index contributed by atoms with van der Waals surface area (Å²) in [6, 6.07) is 25.9. The zero-order chi connectivity index (χ0) is 32.9. The van der Waals surface area contributed by atoms with Gasteiger partial charge in [-0.1, -0.05) is 72.8 Å². The number of nitrogens with zero attached hydrogens (tertiary/aromatic N) is 1. The lowest BCUT2D eigenvalue weighted by Gasteiger charge is -2.35. The Morgan fingerprint density at radius 2 is 1.57 bits per heavy atom. The van der Waals surface area contributed by atoms with Gasteiger partial charge in [-0.3, -0.25) is 4.79 Å². The molecule has 5 rings (SSSR count). The van der Waals surface area contributed by atoms with Crippen molar-refractivity contribution in [3.8, 4) is 16.9 Å². The minimum Gasteiger partial charge on any atom is -0.489 e. The molecule has 0 saturated heterocycles. The first-order valence-corrected chi connectivity index (χ1v) is 14.5. The number of nitrogens with one attached hydrogen (secondary N) is 1. The highest BCUT2D eigenvalue weighted by atomic mass is 19.4. The van der Waals surface area contributed by atoms with Crippen LogP contribution in [0.15, 0.2) is 97.1 Å². The predicted molar refractivity (Wildman–Crippen MR) is 163 cm³/mol. The molecule has 4 aromatic carbocycles. The van der Waals surface area contributed by atoms with Crippen LogP contribution in [0.3, 0.4) is 0 Å². The van der Waals surface area contributed by atoms with Gasteiger partial charge in [0.1, 0.15) is 25.4 Å². The summed E-state index contributed by atoms with van der Waals surface area (Å²) in [5, 5.41) is 12.7. The fourth-order valence-electron chi connectivity index (χ4n) is 5.53. The third kappa shape index (κ3) is 7.05. The molecule has 1 aliphatic heterocycles. The minimum absolute atomic E-state index is 0.0112. The summed E-state index contributed by atoms with van der Waals surface area (Å²) >= 11 is 0. The highest BCUT2D eigenvalue weighted by molar-refractivity contribution is 5.82. The molecule has 1 aliphatic rings. The van der Waals surface area contributed by atoms with Gasteiger partial charge in [-0.15, -0.1) is 4.48 Å². The van der Waals surface area contributed by atoms with Gasteiger partial charge in [-0.25, -0.2) is 4.79 Å². The zero-order valence-corrected chi connectivity index (χ0v) is 24.9. The van der Waals surface area contributed by atoms with Gasteiger partial charge in [0.25, 0.3) is 0 Å². The van der Waals surface area contributed by atoms with Gasteiger partial charge in [-0.2, -0.15) is 18.0 Å². The molecule has 0 fully saturated rings. The number of hydrogen-bond acceptors (Lipinski definition) is 5. The Bertz CT molecular complexity index is 1710. The number of carboxylic acids is 1. The quantitative estimate of drug-likeness (QED) is 0.200. The fraction of sp³-hybridized carbons (Fsp3) is 0.229. The molecule has 4 aromatic rings. The minimum atomic E-state index is -4.43. The van der Waals surface area contributed by atoms with E-state index in [2.05, 4.69) is 5.32 Å². The number of benzene rings is 4.